The van der Waals surface area contributed by atoms with Gasteiger partial charge in [0.15, 0.2) is 0 Å². The highest BCUT2D eigenvalue weighted by atomic mass is 15.3. The van der Waals surface area contributed by atoms with Gasteiger partial charge in [0.2, 0.25) is 0 Å². The number of aromatic nitrogens is 4. The van der Waals surface area contributed by atoms with Crippen molar-refractivity contribution in [2.75, 3.05) is 0 Å². The largest absolute Gasteiger partial charge is 0.271 e. The van der Waals surface area contributed by atoms with Gasteiger partial charge < -0.3 is 0 Å². The summed E-state index contributed by atoms with van der Waals surface area (Å²) in [5.41, 5.74) is 2.34. The van der Waals surface area contributed by atoms with Gasteiger partial charge in [-0.3, -0.25) is 14.6 Å². The van der Waals surface area contributed by atoms with E-state index in [-0.39, 0.29) is 0 Å². The van der Waals surface area contributed by atoms with Crippen molar-refractivity contribution in [3.8, 4) is 17.5 Å². The van der Waals surface area contributed by atoms with Crippen LogP contribution in [0.15, 0.2) is 24.7 Å². The van der Waals surface area contributed by atoms with Crippen LogP contribution < -0.4 is 0 Å². The third kappa shape index (κ3) is 1.83. The summed E-state index contributed by atoms with van der Waals surface area (Å²) in [5, 5.41) is 12.9. The van der Waals surface area contributed by atoms with Gasteiger partial charge >= 0.3 is 0 Å². The fourth-order valence-corrected chi connectivity index (χ4v) is 1.31. The molecule has 0 amide bonds. The van der Waals surface area contributed by atoms with Gasteiger partial charge in [-0.2, -0.15) is 10.4 Å². The summed E-state index contributed by atoms with van der Waals surface area (Å²) in [6, 6.07) is 3.95. The molecule has 0 fully saturated rings. The molecule has 0 aliphatic carbocycles. The van der Waals surface area contributed by atoms with Crippen LogP contribution in [0.1, 0.15) is 5.69 Å². The minimum Gasteiger partial charge on any atom is -0.271 e. The molecule has 2 aromatic heterocycles. The lowest BCUT2D eigenvalue weighted by Crippen LogP contribution is -1.96. The Hall–Kier alpha value is -2.22. The molecule has 0 atom stereocenters. The normalized spacial score (nSPS) is 9.87. The standard InChI is InChI=1S/C10H9N5/c1-15-8(2-3-11)6-9(14-15)10-7-12-4-5-13-10/h4-7H,2H2,1H3. The Labute approximate surface area is 87.0 Å². The molecule has 0 unspecified atom stereocenters. The maximum Gasteiger partial charge on any atom is 0.113 e. The van der Waals surface area contributed by atoms with Gasteiger partial charge in [-0.15, -0.1) is 0 Å². The van der Waals surface area contributed by atoms with Gasteiger partial charge in [-0.25, -0.2) is 0 Å². The second-order valence-corrected chi connectivity index (χ2v) is 3.07. The Morgan fingerprint density at radius 1 is 1.40 bits per heavy atom. The second kappa shape index (κ2) is 3.88. The Morgan fingerprint density at radius 3 is 2.93 bits per heavy atom. The fourth-order valence-electron chi connectivity index (χ4n) is 1.31. The van der Waals surface area contributed by atoms with E-state index in [4.69, 9.17) is 5.26 Å². The van der Waals surface area contributed by atoms with Gasteiger partial charge in [-0.05, 0) is 6.07 Å². The zero-order chi connectivity index (χ0) is 10.7. The van der Waals surface area contributed by atoms with Crippen LogP contribution in [0.4, 0.5) is 0 Å². The summed E-state index contributed by atoms with van der Waals surface area (Å²) >= 11 is 0. The highest BCUT2D eigenvalue weighted by Gasteiger charge is 2.07. The minimum absolute atomic E-state index is 0.351. The molecular weight excluding hydrogens is 190 g/mol. The third-order valence-electron chi connectivity index (χ3n) is 2.06. The van der Waals surface area contributed by atoms with Crippen molar-refractivity contribution < 1.29 is 0 Å². The first-order valence-corrected chi connectivity index (χ1v) is 4.47. The fraction of sp³-hybridized carbons (Fsp3) is 0.200. The second-order valence-electron chi connectivity index (χ2n) is 3.07. The quantitative estimate of drug-likeness (QED) is 0.722. The van der Waals surface area contributed by atoms with Gasteiger partial charge in [-0.1, -0.05) is 0 Å². The number of aryl methyl sites for hydroxylation is 1. The summed E-state index contributed by atoms with van der Waals surface area (Å²) in [5.74, 6) is 0. The smallest absolute Gasteiger partial charge is 0.113 e. The Balaban J connectivity index is 2.40. The van der Waals surface area contributed by atoms with Crippen LogP contribution >= 0.6 is 0 Å². The van der Waals surface area contributed by atoms with E-state index in [1.54, 1.807) is 23.3 Å². The molecule has 0 saturated heterocycles. The first-order chi connectivity index (χ1) is 7.31. The van der Waals surface area contributed by atoms with Gasteiger partial charge in [0.1, 0.15) is 11.4 Å². The maximum atomic E-state index is 8.60. The van der Waals surface area contributed by atoms with Crippen LogP contribution in [-0.2, 0) is 13.5 Å². The average molecular weight is 199 g/mol. The van der Waals surface area contributed by atoms with Crippen LogP contribution in [0.3, 0.4) is 0 Å². The van der Waals surface area contributed by atoms with Crippen molar-refractivity contribution in [2.24, 2.45) is 7.05 Å². The molecule has 0 aromatic carbocycles. The highest BCUT2D eigenvalue weighted by molar-refractivity contribution is 5.52. The van der Waals surface area contributed by atoms with Crippen LogP contribution in [0.25, 0.3) is 11.4 Å². The summed E-state index contributed by atoms with van der Waals surface area (Å²) in [7, 11) is 1.81. The maximum absolute atomic E-state index is 8.60. The topological polar surface area (TPSA) is 67.4 Å². The van der Waals surface area contributed by atoms with E-state index in [2.05, 4.69) is 21.1 Å². The Kier molecular flexibility index (Phi) is 2.42. The van der Waals surface area contributed by atoms with E-state index < -0.39 is 0 Å². The molecule has 2 aromatic rings. The molecule has 0 N–H and O–H groups in total. The Bertz CT molecular complexity index is 494. The van der Waals surface area contributed by atoms with Crippen LogP contribution in [0.5, 0.6) is 0 Å². The lowest BCUT2D eigenvalue weighted by molar-refractivity contribution is 0.730. The minimum atomic E-state index is 0.351. The molecule has 0 aliphatic rings. The van der Waals surface area contributed by atoms with Gasteiger partial charge in [0.25, 0.3) is 0 Å². The van der Waals surface area contributed by atoms with E-state index in [9.17, 15) is 0 Å². The molecule has 2 rings (SSSR count). The zero-order valence-corrected chi connectivity index (χ0v) is 8.25. The van der Waals surface area contributed by atoms with Crippen molar-refractivity contribution in [1.29, 1.82) is 5.26 Å². The molecule has 0 saturated carbocycles. The van der Waals surface area contributed by atoms with Crippen molar-refractivity contribution >= 4 is 0 Å². The lowest BCUT2D eigenvalue weighted by Gasteiger charge is -1.92. The predicted molar refractivity (Wildman–Crippen MR) is 53.6 cm³/mol. The summed E-state index contributed by atoms with van der Waals surface area (Å²) < 4.78 is 1.69. The van der Waals surface area contributed by atoms with E-state index in [0.717, 1.165) is 17.1 Å². The molecule has 15 heavy (non-hydrogen) atoms. The van der Waals surface area contributed by atoms with Gasteiger partial charge in [0, 0.05) is 19.4 Å². The first-order valence-electron chi connectivity index (χ1n) is 4.47. The average Bonchev–Trinajstić information content (AvgIpc) is 2.63. The molecule has 74 valence electrons. The third-order valence-corrected chi connectivity index (χ3v) is 2.06. The number of hydrogen-bond acceptors (Lipinski definition) is 4. The summed E-state index contributed by atoms with van der Waals surface area (Å²) in [6.45, 7) is 0. The number of nitriles is 1. The predicted octanol–water partition coefficient (Wildman–Crippen LogP) is 0.943. The number of rotatable bonds is 2. The van der Waals surface area contributed by atoms with Crippen molar-refractivity contribution in [3.63, 3.8) is 0 Å². The monoisotopic (exact) mass is 199 g/mol. The molecular formula is C10H9N5. The van der Waals surface area contributed by atoms with Crippen LogP contribution in [0, 0.1) is 11.3 Å². The van der Waals surface area contributed by atoms with Crippen molar-refractivity contribution in [3.05, 3.63) is 30.4 Å². The number of hydrogen-bond donors (Lipinski definition) is 0. The molecule has 0 bridgehead atoms. The van der Waals surface area contributed by atoms with E-state index in [1.165, 1.54) is 0 Å². The van der Waals surface area contributed by atoms with E-state index >= 15 is 0 Å². The first kappa shape index (κ1) is 9.34. The molecule has 0 aliphatic heterocycles. The molecule has 0 radical (unpaired) electrons. The van der Waals surface area contributed by atoms with Crippen LogP contribution in [-0.4, -0.2) is 19.7 Å². The Morgan fingerprint density at radius 2 is 2.27 bits per heavy atom. The SMILES string of the molecule is Cn1nc(-c2cnccn2)cc1CC#N. The summed E-state index contributed by atoms with van der Waals surface area (Å²) in [6.07, 6.45) is 5.23. The van der Waals surface area contributed by atoms with E-state index in [0.29, 0.717) is 6.42 Å². The number of nitrogens with zero attached hydrogens (tertiary/aromatic N) is 5. The highest BCUT2D eigenvalue weighted by Crippen LogP contribution is 2.14. The molecule has 2 heterocycles. The molecule has 5 heteroatoms. The van der Waals surface area contributed by atoms with Crippen molar-refractivity contribution in [2.45, 2.75) is 6.42 Å². The zero-order valence-electron chi connectivity index (χ0n) is 8.25. The van der Waals surface area contributed by atoms with Crippen molar-refractivity contribution in [1.82, 2.24) is 19.7 Å². The van der Waals surface area contributed by atoms with Crippen LogP contribution in [0.2, 0.25) is 0 Å². The van der Waals surface area contributed by atoms with E-state index in [1.807, 2.05) is 13.1 Å². The molecule has 5 nitrogen and oxygen atoms in total. The lowest BCUT2D eigenvalue weighted by atomic mass is 10.2. The summed E-state index contributed by atoms with van der Waals surface area (Å²) in [4.78, 5) is 8.11. The van der Waals surface area contributed by atoms with Gasteiger partial charge in [0.05, 0.1) is 24.4 Å². The molecule has 0 spiro atoms.